The minimum atomic E-state index is -0.143. The molecule has 0 aliphatic carbocycles. The van der Waals surface area contributed by atoms with E-state index < -0.39 is 0 Å². The second kappa shape index (κ2) is 4.69. The SMILES string of the molecule is CC(C)c1ccc(O)c(C(=O)c2ccn(C)c2)c1. The molecule has 3 heteroatoms. The fraction of sp³-hybridized carbons (Fsp3) is 0.267. The van der Waals surface area contributed by atoms with Crippen molar-refractivity contribution in [2.24, 2.45) is 7.05 Å². The van der Waals surface area contributed by atoms with E-state index in [9.17, 15) is 9.90 Å². The fourth-order valence-corrected chi connectivity index (χ4v) is 1.89. The monoisotopic (exact) mass is 243 g/mol. The molecule has 0 aliphatic heterocycles. The van der Waals surface area contributed by atoms with E-state index in [1.807, 2.05) is 23.9 Å². The van der Waals surface area contributed by atoms with E-state index in [2.05, 4.69) is 13.8 Å². The number of nitrogens with zero attached hydrogens (tertiary/aromatic N) is 1. The lowest BCUT2D eigenvalue weighted by atomic mass is 9.97. The van der Waals surface area contributed by atoms with Gasteiger partial charge < -0.3 is 9.67 Å². The highest BCUT2D eigenvalue weighted by Crippen LogP contribution is 2.25. The number of aromatic nitrogens is 1. The molecule has 1 aromatic carbocycles. The molecule has 0 saturated heterocycles. The van der Waals surface area contributed by atoms with Gasteiger partial charge in [-0.05, 0) is 29.7 Å². The maximum Gasteiger partial charge on any atom is 0.198 e. The molecule has 0 aliphatic rings. The second-order valence-electron chi connectivity index (χ2n) is 4.83. The van der Waals surface area contributed by atoms with Gasteiger partial charge >= 0.3 is 0 Å². The van der Waals surface area contributed by atoms with E-state index in [0.29, 0.717) is 17.0 Å². The number of aromatic hydroxyl groups is 1. The van der Waals surface area contributed by atoms with Gasteiger partial charge in [0.05, 0.1) is 5.56 Å². The van der Waals surface area contributed by atoms with Gasteiger partial charge in [-0.15, -0.1) is 0 Å². The van der Waals surface area contributed by atoms with E-state index in [1.165, 1.54) is 0 Å². The van der Waals surface area contributed by atoms with Crippen LogP contribution in [0.2, 0.25) is 0 Å². The van der Waals surface area contributed by atoms with Crippen LogP contribution in [0.3, 0.4) is 0 Å². The third-order valence-corrected chi connectivity index (χ3v) is 3.03. The summed E-state index contributed by atoms with van der Waals surface area (Å²) in [6.07, 6.45) is 3.57. The molecular weight excluding hydrogens is 226 g/mol. The smallest absolute Gasteiger partial charge is 0.198 e. The summed E-state index contributed by atoms with van der Waals surface area (Å²) in [5.74, 6) is 0.219. The third kappa shape index (κ3) is 2.30. The van der Waals surface area contributed by atoms with Crippen LogP contribution in [0.4, 0.5) is 0 Å². The normalized spacial score (nSPS) is 10.9. The van der Waals surface area contributed by atoms with Gasteiger partial charge in [0.15, 0.2) is 5.78 Å². The van der Waals surface area contributed by atoms with Gasteiger partial charge in [-0.25, -0.2) is 0 Å². The van der Waals surface area contributed by atoms with Crippen molar-refractivity contribution in [1.29, 1.82) is 0 Å². The van der Waals surface area contributed by atoms with Crippen molar-refractivity contribution in [1.82, 2.24) is 4.57 Å². The molecular formula is C15H17NO2. The molecule has 0 atom stereocenters. The number of phenolic OH excluding ortho intramolecular Hbond substituents is 1. The minimum absolute atomic E-state index is 0.0354. The number of hydrogen-bond donors (Lipinski definition) is 1. The van der Waals surface area contributed by atoms with Crippen LogP contribution in [0.5, 0.6) is 5.75 Å². The van der Waals surface area contributed by atoms with Crippen LogP contribution in [0, 0.1) is 0 Å². The average molecular weight is 243 g/mol. The molecule has 2 rings (SSSR count). The zero-order valence-electron chi connectivity index (χ0n) is 10.8. The zero-order valence-corrected chi connectivity index (χ0v) is 10.8. The number of benzene rings is 1. The molecule has 0 amide bonds. The van der Waals surface area contributed by atoms with Crippen molar-refractivity contribution in [3.05, 3.63) is 53.3 Å². The molecule has 1 N–H and O–H groups in total. The standard InChI is InChI=1S/C15H17NO2/c1-10(2)11-4-5-14(17)13(8-11)15(18)12-6-7-16(3)9-12/h4-10,17H,1-3H3. The number of carbonyl (C=O) groups excluding carboxylic acids is 1. The molecule has 0 fully saturated rings. The summed E-state index contributed by atoms with van der Waals surface area (Å²) >= 11 is 0. The molecule has 1 heterocycles. The van der Waals surface area contributed by atoms with Crippen LogP contribution in [0.25, 0.3) is 0 Å². The van der Waals surface area contributed by atoms with E-state index in [-0.39, 0.29) is 11.5 Å². The first-order valence-electron chi connectivity index (χ1n) is 5.98. The number of carbonyl (C=O) groups is 1. The molecule has 1 aromatic heterocycles. The Kier molecular flexibility index (Phi) is 3.24. The number of hydrogen-bond acceptors (Lipinski definition) is 2. The highest BCUT2D eigenvalue weighted by Gasteiger charge is 2.15. The first kappa shape index (κ1) is 12.4. The van der Waals surface area contributed by atoms with Gasteiger partial charge in [0.1, 0.15) is 5.75 Å². The molecule has 0 saturated carbocycles. The lowest BCUT2D eigenvalue weighted by Crippen LogP contribution is -2.02. The number of ketones is 1. The van der Waals surface area contributed by atoms with Crippen molar-refractivity contribution in [3.63, 3.8) is 0 Å². The van der Waals surface area contributed by atoms with Gasteiger partial charge in [-0.1, -0.05) is 19.9 Å². The molecule has 94 valence electrons. The van der Waals surface area contributed by atoms with Crippen LogP contribution in [0.1, 0.15) is 41.3 Å². The van der Waals surface area contributed by atoms with Gasteiger partial charge in [0.25, 0.3) is 0 Å². The van der Waals surface area contributed by atoms with Crippen molar-refractivity contribution in [2.75, 3.05) is 0 Å². The van der Waals surface area contributed by atoms with Crippen molar-refractivity contribution in [2.45, 2.75) is 19.8 Å². The summed E-state index contributed by atoms with van der Waals surface area (Å²) < 4.78 is 1.82. The minimum Gasteiger partial charge on any atom is -0.507 e. The summed E-state index contributed by atoms with van der Waals surface area (Å²) in [5, 5.41) is 9.83. The van der Waals surface area contributed by atoms with E-state index in [1.54, 1.807) is 24.4 Å². The number of phenols is 1. The molecule has 18 heavy (non-hydrogen) atoms. The Morgan fingerprint density at radius 2 is 2.00 bits per heavy atom. The van der Waals surface area contributed by atoms with Crippen molar-refractivity contribution >= 4 is 5.78 Å². The maximum absolute atomic E-state index is 12.3. The quantitative estimate of drug-likeness (QED) is 0.842. The Balaban J connectivity index is 2.44. The Bertz CT molecular complexity index is 582. The van der Waals surface area contributed by atoms with E-state index in [0.717, 1.165) is 5.56 Å². The van der Waals surface area contributed by atoms with Crippen molar-refractivity contribution < 1.29 is 9.90 Å². The number of rotatable bonds is 3. The molecule has 0 spiro atoms. The summed E-state index contributed by atoms with van der Waals surface area (Å²) in [5.41, 5.74) is 2.01. The van der Waals surface area contributed by atoms with Crippen LogP contribution < -0.4 is 0 Å². The molecule has 0 bridgehead atoms. The molecule has 2 aromatic rings. The van der Waals surface area contributed by atoms with Crippen LogP contribution in [-0.4, -0.2) is 15.5 Å². The van der Waals surface area contributed by atoms with Crippen LogP contribution in [-0.2, 0) is 7.05 Å². The Hall–Kier alpha value is -2.03. The summed E-state index contributed by atoms with van der Waals surface area (Å²) in [6.45, 7) is 4.12. The first-order chi connectivity index (χ1) is 8.49. The Morgan fingerprint density at radius 1 is 1.28 bits per heavy atom. The molecule has 0 radical (unpaired) electrons. The largest absolute Gasteiger partial charge is 0.507 e. The van der Waals surface area contributed by atoms with Crippen molar-refractivity contribution in [3.8, 4) is 5.75 Å². The summed E-state index contributed by atoms with van der Waals surface area (Å²) in [4.78, 5) is 12.3. The van der Waals surface area contributed by atoms with Gasteiger partial charge in [0, 0.05) is 25.0 Å². The van der Waals surface area contributed by atoms with E-state index in [4.69, 9.17) is 0 Å². The number of aryl methyl sites for hydroxylation is 1. The highest BCUT2D eigenvalue weighted by molar-refractivity contribution is 6.10. The van der Waals surface area contributed by atoms with Gasteiger partial charge in [-0.3, -0.25) is 4.79 Å². The fourth-order valence-electron chi connectivity index (χ4n) is 1.89. The third-order valence-electron chi connectivity index (χ3n) is 3.03. The zero-order chi connectivity index (χ0) is 13.3. The Labute approximate surface area is 107 Å². The van der Waals surface area contributed by atoms with Gasteiger partial charge in [0.2, 0.25) is 0 Å². The van der Waals surface area contributed by atoms with E-state index >= 15 is 0 Å². The summed E-state index contributed by atoms with van der Waals surface area (Å²) in [6, 6.07) is 6.96. The summed E-state index contributed by atoms with van der Waals surface area (Å²) in [7, 11) is 1.86. The topological polar surface area (TPSA) is 42.2 Å². The second-order valence-corrected chi connectivity index (χ2v) is 4.83. The average Bonchev–Trinajstić information content (AvgIpc) is 2.75. The lowest BCUT2D eigenvalue weighted by molar-refractivity contribution is 0.103. The highest BCUT2D eigenvalue weighted by atomic mass is 16.3. The maximum atomic E-state index is 12.3. The predicted molar refractivity (Wildman–Crippen MR) is 71.0 cm³/mol. The lowest BCUT2D eigenvalue weighted by Gasteiger charge is -2.09. The Morgan fingerprint density at radius 3 is 2.56 bits per heavy atom. The van der Waals surface area contributed by atoms with Gasteiger partial charge in [-0.2, -0.15) is 0 Å². The van der Waals surface area contributed by atoms with Crippen LogP contribution in [0.15, 0.2) is 36.7 Å². The molecule has 3 nitrogen and oxygen atoms in total. The first-order valence-corrected chi connectivity index (χ1v) is 5.98. The molecule has 0 unspecified atom stereocenters. The predicted octanol–water partition coefficient (Wildman–Crippen LogP) is 3.09. The van der Waals surface area contributed by atoms with Crippen LogP contribution >= 0.6 is 0 Å².